The van der Waals surface area contributed by atoms with Gasteiger partial charge >= 0.3 is 0 Å². The van der Waals surface area contributed by atoms with Gasteiger partial charge in [0.25, 0.3) is 0 Å². The van der Waals surface area contributed by atoms with Crippen molar-refractivity contribution >= 4 is 5.82 Å². The summed E-state index contributed by atoms with van der Waals surface area (Å²) < 4.78 is 5.00. The van der Waals surface area contributed by atoms with Crippen LogP contribution < -0.4 is 10.1 Å². The number of anilines is 1. The zero-order valence-electron chi connectivity index (χ0n) is 10.8. The van der Waals surface area contributed by atoms with Gasteiger partial charge in [-0.3, -0.25) is 0 Å². The maximum atomic E-state index is 9.11. The van der Waals surface area contributed by atoms with E-state index in [1.165, 1.54) is 0 Å². The van der Waals surface area contributed by atoms with Gasteiger partial charge in [-0.2, -0.15) is 5.26 Å². The van der Waals surface area contributed by atoms with Crippen LogP contribution in [0.5, 0.6) is 5.88 Å². The molecular formula is C14H14N4O. The van der Waals surface area contributed by atoms with Crippen LogP contribution in [0.25, 0.3) is 0 Å². The van der Waals surface area contributed by atoms with E-state index in [4.69, 9.17) is 10.00 Å². The lowest BCUT2D eigenvalue weighted by Gasteiger charge is -2.08. The summed E-state index contributed by atoms with van der Waals surface area (Å²) >= 11 is 0. The molecule has 2 aromatic rings. The van der Waals surface area contributed by atoms with E-state index in [2.05, 4.69) is 21.4 Å². The van der Waals surface area contributed by atoms with Crippen molar-refractivity contribution in [1.82, 2.24) is 9.97 Å². The fourth-order valence-corrected chi connectivity index (χ4v) is 1.66. The van der Waals surface area contributed by atoms with Crippen LogP contribution >= 0.6 is 0 Å². The largest absolute Gasteiger partial charge is 0.481 e. The predicted octanol–water partition coefficient (Wildman–Crippen LogP) is 2.28. The van der Waals surface area contributed by atoms with E-state index in [0.717, 1.165) is 11.1 Å². The van der Waals surface area contributed by atoms with Crippen LogP contribution in [0.1, 0.15) is 16.7 Å². The molecule has 96 valence electrons. The first kappa shape index (κ1) is 12.8. The molecule has 2 rings (SSSR count). The molecule has 0 aromatic carbocycles. The third-order valence-electron chi connectivity index (χ3n) is 2.74. The van der Waals surface area contributed by atoms with Crippen molar-refractivity contribution in [3.05, 3.63) is 47.3 Å². The van der Waals surface area contributed by atoms with Crippen molar-refractivity contribution in [2.75, 3.05) is 12.4 Å². The van der Waals surface area contributed by atoms with Gasteiger partial charge in [0.2, 0.25) is 5.88 Å². The Morgan fingerprint density at radius 3 is 2.79 bits per heavy atom. The lowest BCUT2D eigenvalue weighted by atomic mass is 10.1. The molecule has 0 aliphatic rings. The Kier molecular flexibility index (Phi) is 3.94. The summed E-state index contributed by atoms with van der Waals surface area (Å²) in [5, 5.41) is 12.3. The Morgan fingerprint density at radius 2 is 2.16 bits per heavy atom. The number of methoxy groups -OCH3 is 1. The highest BCUT2D eigenvalue weighted by Crippen LogP contribution is 2.16. The molecule has 0 bridgehead atoms. The van der Waals surface area contributed by atoms with Crippen LogP contribution in [0.3, 0.4) is 0 Å². The van der Waals surface area contributed by atoms with E-state index >= 15 is 0 Å². The van der Waals surface area contributed by atoms with Crippen LogP contribution in [-0.4, -0.2) is 17.1 Å². The average Bonchev–Trinajstić information content (AvgIpc) is 2.45. The van der Waals surface area contributed by atoms with Gasteiger partial charge in [-0.25, -0.2) is 9.97 Å². The molecule has 5 heteroatoms. The second-order valence-corrected chi connectivity index (χ2v) is 4.03. The number of nitriles is 1. The zero-order valence-corrected chi connectivity index (χ0v) is 10.8. The minimum Gasteiger partial charge on any atom is -0.481 e. The zero-order chi connectivity index (χ0) is 13.7. The number of ether oxygens (including phenoxy) is 1. The second kappa shape index (κ2) is 5.83. The van der Waals surface area contributed by atoms with E-state index in [1.54, 1.807) is 25.6 Å². The van der Waals surface area contributed by atoms with E-state index < -0.39 is 0 Å². The summed E-state index contributed by atoms with van der Waals surface area (Å²) in [6.07, 6.45) is 3.42. The van der Waals surface area contributed by atoms with Gasteiger partial charge < -0.3 is 10.1 Å². The quantitative estimate of drug-likeness (QED) is 0.906. The summed E-state index contributed by atoms with van der Waals surface area (Å²) in [5.74, 6) is 1.17. The molecule has 0 amide bonds. The lowest BCUT2D eigenvalue weighted by molar-refractivity contribution is 0.397. The molecule has 1 N–H and O–H groups in total. The van der Waals surface area contributed by atoms with Crippen molar-refractivity contribution in [3.63, 3.8) is 0 Å². The van der Waals surface area contributed by atoms with E-state index in [-0.39, 0.29) is 0 Å². The highest BCUT2D eigenvalue weighted by Gasteiger charge is 2.06. The Morgan fingerprint density at radius 1 is 1.32 bits per heavy atom. The van der Waals surface area contributed by atoms with Gasteiger partial charge in [-0.15, -0.1) is 0 Å². The van der Waals surface area contributed by atoms with Gasteiger partial charge in [0.05, 0.1) is 12.7 Å². The number of hydrogen-bond acceptors (Lipinski definition) is 5. The molecule has 2 heterocycles. The summed E-state index contributed by atoms with van der Waals surface area (Å²) in [5.41, 5.74) is 2.48. The molecule has 5 nitrogen and oxygen atoms in total. The van der Waals surface area contributed by atoms with Gasteiger partial charge in [-0.1, -0.05) is 6.07 Å². The Bertz CT molecular complexity index is 602. The predicted molar refractivity (Wildman–Crippen MR) is 71.8 cm³/mol. The third-order valence-corrected chi connectivity index (χ3v) is 2.74. The first-order chi connectivity index (χ1) is 9.24. The monoisotopic (exact) mass is 254 g/mol. The molecule has 0 spiro atoms. The number of rotatable bonds is 4. The topological polar surface area (TPSA) is 70.8 Å². The van der Waals surface area contributed by atoms with E-state index in [9.17, 15) is 0 Å². The molecule has 0 aliphatic heterocycles. The summed E-state index contributed by atoms with van der Waals surface area (Å²) in [4.78, 5) is 8.30. The van der Waals surface area contributed by atoms with Gasteiger partial charge in [0, 0.05) is 25.0 Å². The molecular weight excluding hydrogens is 240 g/mol. The SMILES string of the molecule is COc1ccc(CNc2nccc(C)c2C#N)cn1. The lowest BCUT2D eigenvalue weighted by Crippen LogP contribution is -2.04. The molecule has 0 atom stereocenters. The fourth-order valence-electron chi connectivity index (χ4n) is 1.66. The molecule has 0 fully saturated rings. The molecule has 0 radical (unpaired) electrons. The molecule has 0 saturated heterocycles. The number of aryl methyl sites for hydroxylation is 1. The number of pyridine rings is 2. The number of nitrogens with one attached hydrogen (secondary N) is 1. The van der Waals surface area contributed by atoms with Crippen LogP contribution in [0.2, 0.25) is 0 Å². The number of nitrogens with zero attached hydrogens (tertiary/aromatic N) is 3. The Balaban J connectivity index is 2.10. The highest BCUT2D eigenvalue weighted by molar-refractivity contribution is 5.55. The summed E-state index contributed by atoms with van der Waals surface area (Å²) in [7, 11) is 1.58. The first-order valence-corrected chi connectivity index (χ1v) is 5.83. The van der Waals surface area contributed by atoms with Crippen molar-refractivity contribution in [3.8, 4) is 11.9 Å². The van der Waals surface area contributed by atoms with Gasteiger partial charge in [-0.05, 0) is 24.1 Å². The molecule has 0 aliphatic carbocycles. The van der Waals surface area contributed by atoms with Crippen LogP contribution in [-0.2, 0) is 6.54 Å². The van der Waals surface area contributed by atoms with Gasteiger partial charge in [0.1, 0.15) is 11.9 Å². The fraction of sp³-hybridized carbons (Fsp3) is 0.214. The van der Waals surface area contributed by atoms with Crippen molar-refractivity contribution in [2.45, 2.75) is 13.5 Å². The molecule has 0 saturated carbocycles. The summed E-state index contributed by atoms with van der Waals surface area (Å²) in [6, 6.07) is 7.69. The van der Waals surface area contributed by atoms with Crippen LogP contribution in [0, 0.1) is 18.3 Å². The summed E-state index contributed by atoms with van der Waals surface area (Å²) in [6.45, 7) is 2.45. The molecule has 0 unspecified atom stereocenters. The van der Waals surface area contributed by atoms with Crippen LogP contribution in [0.15, 0.2) is 30.6 Å². The third kappa shape index (κ3) is 2.99. The van der Waals surface area contributed by atoms with Crippen molar-refractivity contribution in [2.24, 2.45) is 0 Å². The minimum absolute atomic E-state index is 0.558. The minimum atomic E-state index is 0.558. The maximum Gasteiger partial charge on any atom is 0.212 e. The first-order valence-electron chi connectivity index (χ1n) is 5.83. The molecule has 19 heavy (non-hydrogen) atoms. The average molecular weight is 254 g/mol. The highest BCUT2D eigenvalue weighted by atomic mass is 16.5. The van der Waals surface area contributed by atoms with E-state index in [1.807, 2.05) is 19.1 Å². The number of aromatic nitrogens is 2. The van der Waals surface area contributed by atoms with Gasteiger partial charge in [0.15, 0.2) is 0 Å². The Labute approximate surface area is 111 Å². The van der Waals surface area contributed by atoms with E-state index in [0.29, 0.717) is 23.8 Å². The van der Waals surface area contributed by atoms with Crippen molar-refractivity contribution < 1.29 is 4.74 Å². The second-order valence-electron chi connectivity index (χ2n) is 4.03. The standard InChI is InChI=1S/C14H14N4O/c1-10-5-6-16-14(12(10)7-15)18-9-11-3-4-13(19-2)17-8-11/h3-6,8H,9H2,1-2H3,(H,16,18). The molecule has 2 aromatic heterocycles. The number of hydrogen-bond donors (Lipinski definition) is 1. The maximum absolute atomic E-state index is 9.11. The van der Waals surface area contributed by atoms with Crippen molar-refractivity contribution in [1.29, 1.82) is 5.26 Å². The van der Waals surface area contributed by atoms with Crippen LogP contribution in [0.4, 0.5) is 5.82 Å². The normalized spacial score (nSPS) is 9.74. The Hall–Kier alpha value is -2.61. The smallest absolute Gasteiger partial charge is 0.212 e.